The Morgan fingerprint density at radius 2 is 2.24 bits per heavy atom. The fourth-order valence-corrected chi connectivity index (χ4v) is 4.14. The number of ether oxygens (including phenoxy) is 1. The fraction of sp³-hybridized carbons (Fsp3) is 0.500. The number of fused-ring (bicyclic) bond motifs is 4. The van der Waals surface area contributed by atoms with Crippen molar-refractivity contribution in [3.8, 4) is 0 Å². The third kappa shape index (κ3) is 3.15. The van der Waals surface area contributed by atoms with Gasteiger partial charge in [-0.2, -0.15) is 0 Å². The Morgan fingerprint density at radius 1 is 1.48 bits per heavy atom. The first-order chi connectivity index (χ1) is 11.9. The summed E-state index contributed by atoms with van der Waals surface area (Å²) in [5.41, 5.74) is 3.50. The molecule has 2 aliphatic carbocycles. The molecule has 3 rings (SSSR count). The second-order valence-electron chi connectivity index (χ2n) is 7.48. The van der Waals surface area contributed by atoms with Crippen molar-refractivity contribution in [3.63, 3.8) is 0 Å². The lowest BCUT2D eigenvalue weighted by atomic mass is 9.63. The van der Waals surface area contributed by atoms with Gasteiger partial charge in [-0.25, -0.2) is 4.79 Å². The van der Waals surface area contributed by atoms with Crippen molar-refractivity contribution in [2.45, 2.75) is 46.1 Å². The van der Waals surface area contributed by atoms with Gasteiger partial charge in [-0.3, -0.25) is 4.79 Å². The molecule has 0 aromatic carbocycles. The summed E-state index contributed by atoms with van der Waals surface area (Å²) in [5, 5.41) is 3.13. The van der Waals surface area contributed by atoms with E-state index >= 15 is 0 Å². The third-order valence-corrected chi connectivity index (χ3v) is 4.98. The fourth-order valence-electron chi connectivity index (χ4n) is 4.14. The molecule has 25 heavy (non-hydrogen) atoms. The van der Waals surface area contributed by atoms with E-state index in [1.165, 1.54) is 17.2 Å². The molecular weight excluding hydrogens is 316 g/mol. The minimum Gasteiger partial charge on any atom is -0.449 e. The SMILES string of the molecule is C/C=C1\[C@H]2C=C(C)C[C@]1(NC(=O)OCC(C)C)c1ccc(=O)[nH]c1C2. The number of H-pyrrole nitrogens is 1. The predicted molar refractivity (Wildman–Crippen MR) is 97.4 cm³/mol. The number of pyridine rings is 1. The standard InChI is InChI=1S/C20H26N2O3/c1-5-15-14-8-13(4)10-20(15,22-19(24)25-11-12(2)3)16-6-7-18(23)21-17(16)9-14/h5-8,12,14H,9-11H2,1-4H3,(H,21,23)(H,22,24)/b15-5+/t14-,20+/m0/s1. The molecule has 1 heterocycles. The highest BCUT2D eigenvalue weighted by Crippen LogP contribution is 2.49. The lowest BCUT2D eigenvalue weighted by Crippen LogP contribution is -2.54. The number of allylic oxidation sites excluding steroid dienone is 2. The van der Waals surface area contributed by atoms with E-state index in [-0.39, 0.29) is 17.4 Å². The van der Waals surface area contributed by atoms with E-state index in [9.17, 15) is 9.59 Å². The van der Waals surface area contributed by atoms with Crippen molar-refractivity contribution in [1.82, 2.24) is 10.3 Å². The van der Waals surface area contributed by atoms with Crippen molar-refractivity contribution >= 4 is 6.09 Å². The van der Waals surface area contributed by atoms with E-state index in [1.807, 2.05) is 26.8 Å². The smallest absolute Gasteiger partial charge is 0.408 e. The molecule has 1 amide bonds. The van der Waals surface area contributed by atoms with Gasteiger partial charge < -0.3 is 15.0 Å². The van der Waals surface area contributed by atoms with E-state index in [2.05, 4.69) is 29.4 Å². The van der Waals surface area contributed by atoms with Gasteiger partial charge in [0.1, 0.15) is 0 Å². The van der Waals surface area contributed by atoms with Gasteiger partial charge in [0.2, 0.25) is 5.56 Å². The lowest BCUT2D eigenvalue weighted by Gasteiger charge is -2.47. The molecule has 2 atom stereocenters. The van der Waals surface area contributed by atoms with Crippen molar-refractivity contribution in [3.05, 3.63) is 57.0 Å². The number of carbonyl (C=O) groups is 1. The van der Waals surface area contributed by atoms with Gasteiger partial charge in [0.05, 0.1) is 12.1 Å². The van der Waals surface area contributed by atoms with Crippen molar-refractivity contribution in [1.29, 1.82) is 0 Å². The molecule has 0 saturated heterocycles. The van der Waals surface area contributed by atoms with Crippen molar-refractivity contribution in [2.75, 3.05) is 6.61 Å². The molecule has 2 bridgehead atoms. The number of hydrogen-bond donors (Lipinski definition) is 2. The minimum absolute atomic E-state index is 0.112. The second-order valence-corrected chi connectivity index (χ2v) is 7.48. The summed E-state index contributed by atoms with van der Waals surface area (Å²) in [6, 6.07) is 3.37. The molecule has 0 spiro atoms. The maximum Gasteiger partial charge on any atom is 0.408 e. The monoisotopic (exact) mass is 342 g/mol. The highest BCUT2D eigenvalue weighted by molar-refractivity contribution is 5.71. The molecule has 1 aromatic heterocycles. The first kappa shape index (κ1) is 17.5. The third-order valence-electron chi connectivity index (χ3n) is 4.98. The number of carbonyl (C=O) groups excluding carboxylic acids is 1. The van der Waals surface area contributed by atoms with Crippen LogP contribution in [0.4, 0.5) is 4.79 Å². The zero-order valence-corrected chi connectivity index (χ0v) is 15.3. The van der Waals surface area contributed by atoms with E-state index in [4.69, 9.17) is 4.74 Å². The van der Waals surface area contributed by atoms with Gasteiger partial charge in [0.25, 0.3) is 0 Å². The molecule has 5 nitrogen and oxygen atoms in total. The number of alkyl carbamates (subject to hydrolysis) is 1. The Kier molecular flexibility index (Phi) is 4.58. The minimum atomic E-state index is -0.649. The van der Waals surface area contributed by atoms with Gasteiger partial charge in [-0.15, -0.1) is 0 Å². The second kappa shape index (κ2) is 6.54. The van der Waals surface area contributed by atoms with Gasteiger partial charge >= 0.3 is 6.09 Å². The molecule has 134 valence electrons. The van der Waals surface area contributed by atoms with Crippen LogP contribution in [-0.4, -0.2) is 17.7 Å². The summed E-state index contributed by atoms with van der Waals surface area (Å²) < 4.78 is 5.39. The molecule has 5 heteroatoms. The van der Waals surface area contributed by atoms with Crippen LogP contribution >= 0.6 is 0 Å². The number of rotatable bonds is 3. The molecule has 0 radical (unpaired) electrons. The molecule has 1 aromatic rings. The molecule has 0 unspecified atom stereocenters. The average molecular weight is 342 g/mol. The number of hydrogen-bond acceptors (Lipinski definition) is 3. The van der Waals surface area contributed by atoms with Crippen LogP contribution < -0.4 is 10.9 Å². The van der Waals surface area contributed by atoms with Crippen LogP contribution in [0.2, 0.25) is 0 Å². The maximum absolute atomic E-state index is 12.5. The van der Waals surface area contributed by atoms with Crippen molar-refractivity contribution < 1.29 is 9.53 Å². The number of aromatic amines is 1. The largest absolute Gasteiger partial charge is 0.449 e. The Morgan fingerprint density at radius 3 is 2.92 bits per heavy atom. The van der Waals surface area contributed by atoms with Crippen LogP contribution in [-0.2, 0) is 16.7 Å². The predicted octanol–water partition coefficient (Wildman–Crippen LogP) is 3.42. The molecular formula is C20H26N2O3. The first-order valence-corrected chi connectivity index (χ1v) is 8.87. The highest BCUT2D eigenvalue weighted by atomic mass is 16.5. The van der Waals surface area contributed by atoms with E-state index < -0.39 is 11.6 Å². The zero-order valence-electron chi connectivity index (χ0n) is 15.3. The Bertz CT molecular complexity index is 803. The topological polar surface area (TPSA) is 71.2 Å². The van der Waals surface area contributed by atoms with Crippen LogP contribution in [0.1, 0.15) is 45.4 Å². The normalized spacial score (nSPS) is 26.2. The van der Waals surface area contributed by atoms with Crippen LogP contribution in [0.5, 0.6) is 0 Å². The van der Waals surface area contributed by atoms with Crippen LogP contribution in [0.15, 0.2) is 40.2 Å². The highest BCUT2D eigenvalue weighted by Gasteiger charge is 2.48. The van der Waals surface area contributed by atoms with Crippen molar-refractivity contribution in [2.24, 2.45) is 11.8 Å². The summed E-state index contributed by atoms with van der Waals surface area (Å²) in [6.07, 6.45) is 5.33. The Hall–Kier alpha value is -2.30. The van der Waals surface area contributed by atoms with Crippen LogP contribution in [0.25, 0.3) is 0 Å². The zero-order chi connectivity index (χ0) is 18.2. The van der Waals surface area contributed by atoms with Crippen LogP contribution in [0, 0.1) is 11.8 Å². The molecule has 0 fully saturated rings. The summed E-state index contributed by atoms with van der Waals surface area (Å²) in [7, 11) is 0. The number of amides is 1. The quantitative estimate of drug-likeness (QED) is 0.827. The van der Waals surface area contributed by atoms with Gasteiger partial charge in [-0.05, 0) is 44.2 Å². The summed E-state index contributed by atoms with van der Waals surface area (Å²) in [6.45, 7) is 8.49. The van der Waals surface area contributed by atoms with E-state index in [0.717, 1.165) is 17.7 Å². The summed E-state index contributed by atoms with van der Waals surface area (Å²) in [4.78, 5) is 27.2. The molecule has 2 N–H and O–H groups in total. The number of nitrogens with one attached hydrogen (secondary N) is 2. The number of aromatic nitrogens is 1. The maximum atomic E-state index is 12.5. The molecule has 0 saturated carbocycles. The van der Waals surface area contributed by atoms with E-state index in [1.54, 1.807) is 0 Å². The van der Waals surface area contributed by atoms with Gasteiger partial charge in [0.15, 0.2) is 0 Å². The molecule has 0 aliphatic heterocycles. The Labute approximate surface area is 148 Å². The van der Waals surface area contributed by atoms with Gasteiger partial charge in [-0.1, -0.05) is 31.6 Å². The van der Waals surface area contributed by atoms with Gasteiger partial charge in [0, 0.05) is 23.2 Å². The average Bonchev–Trinajstić information content (AvgIpc) is 2.51. The Balaban J connectivity index is 2.07. The molecule has 2 aliphatic rings. The first-order valence-electron chi connectivity index (χ1n) is 8.87. The van der Waals surface area contributed by atoms with Crippen LogP contribution in [0.3, 0.4) is 0 Å². The summed E-state index contributed by atoms with van der Waals surface area (Å²) in [5.74, 6) is 0.454. The summed E-state index contributed by atoms with van der Waals surface area (Å²) >= 11 is 0. The van der Waals surface area contributed by atoms with E-state index in [0.29, 0.717) is 13.0 Å². The lowest BCUT2D eigenvalue weighted by molar-refractivity contribution is 0.121.